The Labute approximate surface area is 146 Å². The van der Waals surface area contributed by atoms with Crippen LogP contribution in [0.15, 0.2) is 27.4 Å². The van der Waals surface area contributed by atoms with Crippen LogP contribution in [0.2, 0.25) is 0 Å². The number of fused-ring (bicyclic) bond motifs is 1. The van der Waals surface area contributed by atoms with Crippen LogP contribution in [0.4, 0.5) is 0 Å². The first kappa shape index (κ1) is 18.6. The molecule has 24 heavy (non-hydrogen) atoms. The third-order valence-corrected chi connectivity index (χ3v) is 4.64. The number of carbonyl (C=O) groups is 1. The van der Waals surface area contributed by atoms with Crippen molar-refractivity contribution in [2.75, 3.05) is 5.75 Å². The van der Waals surface area contributed by atoms with Crippen molar-refractivity contribution in [2.24, 2.45) is 0 Å². The van der Waals surface area contributed by atoms with E-state index in [1.54, 1.807) is 0 Å². The van der Waals surface area contributed by atoms with Crippen LogP contribution in [0.25, 0.3) is 11.0 Å². The summed E-state index contributed by atoms with van der Waals surface area (Å²) in [5.41, 5.74) is 3.49. The summed E-state index contributed by atoms with van der Waals surface area (Å²) < 4.78 is 10.5. The summed E-state index contributed by atoms with van der Waals surface area (Å²) in [5.74, 6) is 0.988. The molecule has 0 spiro atoms. The molecule has 0 fully saturated rings. The molecule has 1 aromatic heterocycles. The van der Waals surface area contributed by atoms with E-state index in [0.29, 0.717) is 17.3 Å². The molecule has 0 aliphatic carbocycles. The van der Waals surface area contributed by atoms with Crippen LogP contribution in [0.3, 0.4) is 0 Å². The average molecular weight is 348 g/mol. The van der Waals surface area contributed by atoms with E-state index in [0.717, 1.165) is 16.5 Å². The van der Waals surface area contributed by atoms with E-state index in [9.17, 15) is 9.59 Å². The van der Waals surface area contributed by atoms with Gasteiger partial charge in [0.1, 0.15) is 5.58 Å². The van der Waals surface area contributed by atoms with Crippen molar-refractivity contribution in [3.05, 3.63) is 45.3 Å². The maximum atomic E-state index is 11.8. The first-order chi connectivity index (χ1) is 11.3. The van der Waals surface area contributed by atoms with Gasteiger partial charge in [-0.25, -0.2) is 4.79 Å². The van der Waals surface area contributed by atoms with E-state index < -0.39 is 0 Å². The van der Waals surface area contributed by atoms with E-state index in [-0.39, 0.29) is 23.5 Å². The van der Waals surface area contributed by atoms with E-state index in [1.807, 2.05) is 26.8 Å². The predicted octanol–water partition coefficient (Wildman–Crippen LogP) is 4.41. The minimum atomic E-state index is -0.362. The average Bonchev–Trinajstić information content (AvgIpc) is 2.44. The molecule has 1 aromatic carbocycles. The summed E-state index contributed by atoms with van der Waals surface area (Å²) in [6.07, 6.45) is -0.112. The highest BCUT2D eigenvalue weighted by molar-refractivity contribution is 7.99. The van der Waals surface area contributed by atoms with Crippen molar-refractivity contribution in [1.29, 1.82) is 0 Å². The van der Waals surface area contributed by atoms with Gasteiger partial charge in [0.05, 0.1) is 11.9 Å². The minimum Gasteiger partial charge on any atom is -0.462 e. The summed E-state index contributed by atoms with van der Waals surface area (Å²) >= 11 is 1.44. The van der Waals surface area contributed by atoms with Crippen molar-refractivity contribution in [3.63, 3.8) is 0 Å². The van der Waals surface area contributed by atoms with E-state index in [2.05, 4.69) is 19.9 Å². The van der Waals surface area contributed by atoms with Gasteiger partial charge in [-0.1, -0.05) is 13.8 Å². The van der Waals surface area contributed by atoms with Gasteiger partial charge < -0.3 is 9.15 Å². The Morgan fingerprint density at radius 1 is 1.21 bits per heavy atom. The largest absolute Gasteiger partial charge is 0.462 e. The molecule has 0 N–H and O–H groups in total. The van der Waals surface area contributed by atoms with Gasteiger partial charge in [0, 0.05) is 17.2 Å². The lowest BCUT2D eigenvalue weighted by molar-refractivity contribution is -0.144. The monoisotopic (exact) mass is 348 g/mol. The van der Waals surface area contributed by atoms with Gasteiger partial charge in [0.15, 0.2) is 0 Å². The maximum absolute atomic E-state index is 11.8. The summed E-state index contributed by atoms with van der Waals surface area (Å²) in [7, 11) is 0. The van der Waals surface area contributed by atoms with Crippen LogP contribution in [0, 0.1) is 6.92 Å². The first-order valence-corrected chi connectivity index (χ1v) is 9.28. The van der Waals surface area contributed by atoms with Crippen molar-refractivity contribution >= 4 is 28.7 Å². The molecule has 5 heteroatoms. The molecular formula is C19H24O4S. The quantitative estimate of drug-likeness (QED) is 0.572. The Morgan fingerprint density at radius 2 is 1.92 bits per heavy atom. The van der Waals surface area contributed by atoms with E-state index >= 15 is 0 Å². The second-order valence-corrected chi connectivity index (χ2v) is 7.47. The highest BCUT2D eigenvalue weighted by atomic mass is 32.2. The molecule has 0 unspecified atom stereocenters. The third-order valence-electron chi connectivity index (χ3n) is 3.68. The Bertz CT molecular complexity index is 790. The zero-order valence-corrected chi connectivity index (χ0v) is 15.7. The third kappa shape index (κ3) is 4.63. The zero-order chi connectivity index (χ0) is 17.9. The molecule has 4 nitrogen and oxygen atoms in total. The molecule has 0 saturated heterocycles. The smallest absolute Gasteiger partial charge is 0.336 e. The normalized spacial score (nSPS) is 11.5. The predicted molar refractivity (Wildman–Crippen MR) is 98.7 cm³/mol. The van der Waals surface area contributed by atoms with Gasteiger partial charge in [-0.3, -0.25) is 4.79 Å². The number of hydrogen-bond acceptors (Lipinski definition) is 5. The Hall–Kier alpha value is -1.75. The Kier molecular flexibility index (Phi) is 6.10. The van der Waals surface area contributed by atoms with E-state index in [4.69, 9.17) is 9.15 Å². The summed E-state index contributed by atoms with van der Waals surface area (Å²) in [5, 5.41) is 0.939. The molecule has 130 valence electrons. The SMILES string of the molecule is Cc1cc2oc(=O)cc(CSCC(=O)OC(C)C)c2cc1C(C)C. The fourth-order valence-corrected chi connectivity index (χ4v) is 3.47. The second-order valence-electron chi connectivity index (χ2n) is 6.48. The molecule has 2 rings (SSSR count). The number of hydrogen-bond donors (Lipinski definition) is 0. The van der Waals surface area contributed by atoms with Gasteiger partial charge in [-0.2, -0.15) is 0 Å². The van der Waals surface area contributed by atoms with Crippen LogP contribution < -0.4 is 5.63 Å². The van der Waals surface area contributed by atoms with Crippen molar-refractivity contribution in [1.82, 2.24) is 0 Å². The molecule has 2 aromatic rings. The molecule has 0 atom stereocenters. The molecule has 0 amide bonds. The van der Waals surface area contributed by atoms with Gasteiger partial charge in [-0.05, 0) is 55.5 Å². The zero-order valence-electron chi connectivity index (χ0n) is 14.8. The second kappa shape index (κ2) is 7.88. The van der Waals surface area contributed by atoms with Crippen molar-refractivity contribution in [2.45, 2.75) is 52.4 Å². The fourth-order valence-electron chi connectivity index (χ4n) is 2.67. The number of rotatable bonds is 6. The van der Waals surface area contributed by atoms with Crippen molar-refractivity contribution in [3.8, 4) is 0 Å². The lowest BCUT2D eigenvalue weighted by Gasteiger charge is -2.13. The van der Waals surface area contributed by atoms with Gasteiger partial charge in [0.2, 0.25) is 0 Å². The van der Waals surface area contributed by atoms with Crippen LogP contribution >= 0.6 is 11.8 Å². The maximum Gasteiger partial charge on any atom is 0.336 e. The topological polar surface area (TPSA) is 56.5 Å². The first-order valence-electron chi connectivity index (χ1n) is 8.12. The number of thioether (sulfide) groups is 1. The van der Waals surface area contributed by atoms with Crippen LogP contribution in [-0.4, -0.2) is 17.8 Å². The Morgan fingerprint density at radius 3 is 2.54 bits per heavy atom. The van der Waals surface area contributed by atoms with Crippen LogP contribution in [0.1, 0.15) is 50.3 Å². The van der Waals surface area contributed by atoms with Crippen LogP contribution in [-0.2, 0) is 15.3 Å². The lowest BCUT2D eigenvalue weighted by atomic mass is 9.95. The fraction of sp³-hybridized carbons (Fsp3) is 0.474. The number of benzene rings is 1. The molecule has 0 radical (unpaired) electrons. The number of carbonyl (C=O) groups excluding carboxylic acids is 1. The minimum absolute atomic E-state index is 0.112. The van der Waals surface area contributed by atoms with Crippen LogP contribution in [0.5, 0.6) is 0 Å². The summed E-state index contributed by atoms with van der Waals surface area (Å²) in [4.78, 5) is 23.4. The van der Waals surface area contributed by atoms with Gasteiger partial charge in [0.25, 0.3) is 0 Å². The summed E-state index contributed by atoms with van der Waals surface area (Å²) in [6.45, 7) is 9.97. The Balaban J connectivity index is 2.27. The molecule has 1 heterocycles. The molecule has 0 aliphatic heterocycles. The molecular weight excluding hydrogens is 324 g/mol. The van der Waals surface area contributed by atoms with Gasteiger partial charge in [-0.15, -0.1) is 11.8 Å². The number of aryl methyl sites for hydroxylation is 1. The van der Waals surface area contributed by atoms with Crippen molar-refractivity contribution < 1.29 is 13.9 Å². The lowest BCUT2D eigenvalue weighted by Crippen LogP contribution is -2.13. The highest BCUT2D eigenvalue weighted by Gasteiger charge is 2.12. The molecule has 0 saturated carbocycles. The van der Waals surface area contributed by atoms with E-state index in [1.165, 1.54) is 23.4 Å². The standard InChI is InChI=1S/C19H24O4S/c1-11(2)15-8-16-14(9-24-10-19(21)22-12(3)4)7-18(20)23-17(16)6-13(15)5/h6-8,11-12H,9-10H2,1-5H3. The number of ether oxygens (including phenoxy) is 1. The highest BCUT2D eigenvalue weighted by Crippen LogP contribution is 2.28. The summed E-state index contributed by atoms with van der Waals surface area (Å²) in [6, 6.07) is 5.54. The molecule has 0 bridgehead atoms. The van der Waals surface area contributed by atoms with Gasteiger partial charge >= 0.3 is 11.6 Å². The molecule has 0 aliphatic rings. The number of esters is 1.